The molecule has 2 rings (SSSR count). The highest BCUT2D eigenvalue weighted by Crippen LogP contribution is 2.26. The van der Waals surface area contributed by atoms with Gasteiger partial charge in [0, 0.05) is 0 Å². The van der Waals surface area contributed by atoms with Crippen molar-refractivity contribution >= 4 is 17.6 Å². The van der Waals surface area contributed by atoms with Gasteiger partial charge in [-0.2, -0.15) is 0 Å². The fraction of sp³-hybridized carbons (Fsp3) is 0.700. The smallest absolute Gasteiger partial charge is 0.328 e. The Morgan fingerprint density at radius 3 is 3.12 bits per heavy atom. The number of fused-ring (bicyclic) bond motifs is 1. The van der Waals surface area contributed by atoms with E-state index in [-0.39, 0.29) is 17.9 Å². The minimum Gasteiger partial charge on any atom is -0.464 e. The standard InChI is InChI=1S/C10H14N2O4/c1-3-15-10(14)7-4-6-5(2)16-12-8(6)9(13)11-7/h5-7H,3-4H2,1-2H3,(H,11,13)/t5-,6+,7?/m0/s1. The topological polar surface area (TPSA) is 77.0 Å². The molecule has 6 heteroatoms. The van der Waals surface area contributed by atoms with Crippen molar-refractivity contribution in [2.24, 2.45) is 11.1 Å². The molecule has 1 unspecified atom stereocenters. The van der Waals surface area contributed by atoms with Crippen LogP contribution in [0.3, 0.4) is 0 Å². The molecule has 16 heavy (non-hydrogen) atoms. The van der Waals surface area contributed by atoms with Crippen LogP contribution in [0, 0.1) is 5.92 Å². The SMILES string of the molecule is CCOC(=O)C1C[C@H]2C(=NO[C@H]2C)C(=O)N1. The summed E-state index contributed by atoms with van der Waals surface area (Å²) in [5.41, 5.74) is 0.382. The van der Waals surface area contributed by atoms with Crippen molar-refractivity contribution in [3.63, 3.8) is 0 Å². The number of amides is 1. The van der Waals surface area contributed by atoms with E-state index in [9.17, 15) is 9.59 Å². The molecule has 1 N–H and O–H groups in total. The molecule has 0 aromatic rings. The van der Waals surface area contributed by atoms with Gasteiger partial charge in [0.25, 0.3) is 5.91 Å². The Labute approximate surface area is 93.0 Å². The summed E-state index contributed by atoms with van der Waals surface area (Å²) in [7, 11) is 0. The van der Waals surface area contributed by atoms with Crippen LogP contribution in [0.2, 0.25) is 0 Å². The summed E-state index contributed by atoms with van der Waals surface area (Å²) < 4.78 is 4.88. The first-order valence-electron chi connectivity index (χ1n) is 5.34. The van der Waals surface area contributed by atoms with Crippen LogP contribution in [0.25, 0.3) is 0 Å². The minimum absolute atomic E-state index is 0.108. The summed E-state index contributed by atoms with van der Waals surface area (Å²) in [4.78, 5) is 28.2. The number of ether oxygens (including phenoxy) is 1. The number of hydrogen-bond donors (Lipinski definition) is 1. The van der Waals surface area contributed by atoms with Gasteiger partial charge in [-0.3, -0.25) is 4.79 Å². The van der Waals surface area contributed by atoms with Crippen LogP contribution >= 0.6 is 0 Å². The molecule has 2 aliphatic heterocycles. The van der Waals surface area contributed by atoms with Gasteiger partial charge in [0.1, 0.15) is 12.1 Å². The Kier molecular flexibility index (Phi) is 2.80. The quantitative estimate of drug-likeness (QED) is 0.663. The fourth-order valence-electron chi connectivity index (χ4n) is 1.96. The molecule has 6 nitrogen and oxygen atoms in total. The van der Waals surface area contributed by atoms with Gasteiger partial charge in [0.05, 0.1) is 12.5 Å². The Morgan fingerprint density at radius 2 is 2.44 bits per heavy atom. The third kappa shape index (κ3) is 1.75. The molecule has 1 fully saturated rings. The summed E-state index contributed by atoms with van der Waals surface area (Å²) in [6.45, 7) is 3.88. The summed E-state index contributed by atoms with van der Waals surface area (Å²) in [5.74, 6) is -0.837. The third-order valence-corrected chi connectivity index (χ3v) is 2.83. The number of rotatable bonds is 2. The Bertz CT molecular complexity index is 353. The number of oxime groups is 1. The molecule has 1 amide bonds. The zero-order valence-electron chi connectivity index (χ0n) is 9.23. The van der Waals surface area contributed by atoms with Crippen LogP contribution < -0.4 is 5.32 Å². The Balaban J connectivity index is 2.09. The van der Waals surface area contributed by atoms with Crippen molar-refractivity contribution in [2.45, 2.75) is 32.4 Å². The summed E-state index contributed by atoms with van der Waals surface area (Å²) in [6.07, 6.45) is 0.336. The van der Waals surface area contributed by atoms with Crippen LogP contribution in [0.15, 0.2) is 5.16 Å². The molecule has 0 radical (unpaired) electrons. The normalized spacial score (nSPS) is 32.2. The lowest BCUT2D eigenvalue weighted by atomic mass is 9.87. The number of hydrogen-bond acceptors (Lipinski definition) is 5. The first kappa shape index (κ1) is 10.9. The van der Waals surface area contributed by atoms with Gasteiger partial charge >= 0.3 is 5.97 Å². The molecule has 0 bridgehead atoms. The first-order chi connectivity index (χ1) is 7.63. The molecule has 0 aromatic heterocycles. The van der Waals surface area contributed by atoms with Gasteiger partial charge in [0.15, 0.2) is 5.71 Å². The Morgan fingerprint density at radius 1 is 1.69 bits per heavy atom. The highest BCUT2D eigenvalue weighted by Gasteiger charge is 2.43. The largest absolute Gasteiger partial charge is 0.464 e. The Hall–Kier alpha value is -1.59. The first-order valence-corrected chi connectivity index (χ1v) is 5.34. The van der Waals surface area contributed by atoms with E-state index in [1.165, 1.54) is 0 Å². The van der Waals surface area contributed by atoms with Crippen LogP contribution in [0.4, 0.5) is 0 Å². The number of carbonyl (C=O) groups excluding carboxylic acids is 2. The average Bonchev–Trinajstić information content (AvgIpc) is 2.61. The second-order valence-electron chi connectivity index (χ2n) is 3.91. The number of piperidine rings is 1. The lowest BCUT2D eigenvalue weighted by Crippen LogP contribution is -2.53. The van der Waals surface area contributed by atoms with Gasteiger partial charge < -0.3 is 14.9 Å². The highest BCUT2D eigenvalue weighted by molar-refractivity contribution is 6.41. The molecule has 1 saturated heterocycles. The number of esters is 1. The number of nitrogens with zero attached hydrogens (tertiary/aromatic N) is 1. The molecule has 0 spiro atoms. The molecule has 0 aliphatic carbocycles. The maximum atomic E-state index is 11.6. The van der Waals surface area contributed by atoms with Gasteiger partial charge in [0.2, 0.25) is 0 Å². The maximum Gasteiger partial charge on any atom is 0.328 e. The van der Waals surface area contributed by atoms with E-state index < -0.39 is 12.0 Å². The van der Waals surface area contributed by atoms with E-state index >= 15 is 0 Å². The molecular weight excluding hydrogens is 212 g/mol. The lowest BCUT2D eigenvalue weighted by Gasteiger charge is -2.26. The van der Waals surface area contributed by atoms with Gasteiger partial charge in [-0.25, -0.2) is 4.79 Å². The molecule has 2 heterocycles. The lowest BCUT2D eigenvalue weighted by molar-refractivity contribution is -0.147. The molecule has 88 valence electrons. The van der Waals surface area contributed by atoms with E-state index in [1.807, 2.05) is 6.92 Å². The molecular formula is C10H14N2O4. The van der Waals surface area contributed by atoms with E-state index in [0.29, 0.717) is 18.7 Å². The van der Waals surface area contributed by atoms with Crippen molar-refractivity contribution < 1.29 is 19.2 Å². The van der Waals surface area contributed by atoms with Gasteiger partial charge in [-0.1, -0.05) is 5.16 Å². The van der Waals surface area contributed by atoms with Crippen LogP contribution in [-0.2, 0) is 19.2 Å². The monoisotopic (exact) mass is 226 g/mol. The molecule has 3 atom stereocenters. The van der Waals surface area contributed by atoms with Crippen LogP contribution in [0.5, 0.6) is 0 Å². The summed E-state index contributed by atoms with van der Waals surface area (Å²) in [5, 5.41) is 6.28. The molecule has 0 saturated carbocycles. The van der Waals surface area contributed by atoms with Crippen molar-refractivity contribution in [1.29, 1.82) is 0 Å². The van der Waals surface area contributed by atoms with Crippen molar-refractivity contribution in [2.75, 3.05) is 6.61 Å². The maximum absolute atomic E-state index is 11.6. The van der Waals surface area contributed by atoms with Gasteiger partial charge in [-0.05, 0) is 20.3 Å². The predicted octanol–water partition coefficient (Wildman–Crippen LogP) is -0.171. The van der Waals surface area contributed by atoms with Crippen molar-refractivity contribution in [1.82, 2.24) is 5.32 Å². The van der Waals surface area contributed by atoms with E-state index in [0.717, 1.165) is 0 Å². The van der Waals surface area contributed by atoms with Crippen LogP contribution in [0.1, 0.15) is 20.3 Å². The summed E-state index contributed by atoms with van der Waals surface area (Å²) >= 11 is 0. The van der Waals surface area contributed by atoms with Crippen LogP contribution in [-0.4, -0.2) is 36.3 Å². The van der Waals surface area contributed by atoms with Crippen molar-refractivity contribution in [3.8, 4) is 0 Å². The second-order valence-corrected chi connectivity index (χ2v) is 3.91. The zero-order chi connectivity index (χ0) is 11.7. The van der Waals surface area contributed by atoms with E-state index in [4.69, 9.17) is 9.57 Å². The average molecular weight is 226 g/mol. The summed E-state index contributed by atoms with van der Waals surface area (Å²) in [6, 6.07) is -0.583. The minimum atomic E-state index is -0.583. The van der Waals surface area contributed by atoms with E-state index in [1.54, 1.807) is 6.92 Å². The van der Waals surface area contributed by atoms with Gasteiger partial charge in [-0.15, -0.1) is 0 Å². The fourth-order valence-corrected chi connectivity index (χ4v) is 1.96. The number of nitrogens with one attached hydrogen (secondary N) is 1. The zero-order valence-corrected chi connectivity index (χ0v) is 9.23. The molecule has 0 aromatic carbocycles. The molecule has 2 aliphatic rings. The predicted molar refractivity (Wildman–Crippen MR) is 54.7 cm³/mol. The third-order valence-electron chi connectivity index (χ3n) is 2.83. The van der Waals surface area contributed by atoms with Crippen molar-refractivity contribution in [3.05, 3.63) is 0 Å². The second kappa shape index (κ2) is 4.11. The highest BCUT2D eigenvalue weighted by atomic mass is 16.6. The number of carbonyl (C=O) groups is 2. The van der Waals surface area contributed by atoms with E-state index in [2.05, 4.69) is 10.5 Å².